The van der Waals surface area contributed by atoms with Crippen molar-refractivity contribution in [1.29, 1.82) is 0 Å². The second-order valence-electron chi connectivity index (χ2n) is 6.64. The van der Waals surface area contributed by atoms with Crippen LogP contribution in [0.2, 0.25) is 0 Å². The van der Waals surface area contributed by atoms with Crippen molar-refractivity contribution >= 4 is 12.0 Å². The van der Waals surface area contributed by atoms with E-state index in [-0.39, 0.29) is 17.9 Å². The summed E-state index contributed by atoms with van der Waals surface area (Å²) < 4.78 is 5.26. The number of nitrogens with zero attached hydrogens (tertiary/aromatic N) is 2. The maximum Gasteiger partial charge on any atom is 0.424 e. The van der Waals surface area contributed by atoms with Crippen LogP contribution in [0.5, 0.6) is 0 Å². The standard InChI is InChI=1S/C14H27N3O3/c1-14(2,3)20-13(19)17(15)11-8-6-7-10(9-11)12(18)16(4)5/h10-11H,6-9,15H2,1-5H3/t10-,11?/m0/s1. The van der Waals surface area contributed by atoms with Crippen molar-refractivity contribution in [1.82, 2.24) is 9.91 Å². The molecule has 20 heavy (non-hydrogen) atoms. The maximum atomic E-state index is 12.0. The average Bonchev–Trinajstić information content (AvgIpc) is 2.35. The highest BCUT2D eigenvalue weighted by Gasteiger charge is 2.33. The molecule has 0 heterocycles. The maximum absolute atomic E-state index is 12.0. The van der Waals surface area contributed by atoms with E-state index < -0.39 is 11.7 Å². The van der Waals surface area contributed by atoms with Crippen molar-refractivity contribution in [2.45, 2.75) is 58.1 Å². The summed E-state index contributed by atoms with van der Waals surface area (Å²) >= 11 is 0. The SMILES string of the molecule is CN(C)C(=O)[C@H]1CCCC(N(N)C(=O)OC(C)(C)C)C1. The molecule has 1 aliphatic carbocycles. The van der Waals surface area contributed by atoms with Crippen LogP contribution in [-0.4, -0.2) is 47.6 Å². The predicted molar refractivity (Wildman–Crippen MR) is 76.7 cm³/mol. The highest BCUT2D eigenvalue weighted by Crippen LogP contribution is 2.28. The van der Waals surface area contributed by atoms with Crippen LogP contribution in [0.15, 0.2) is 0 Å². The molecular formula is C14H27N3O3. The number of carbonyl (C=O) groups is 2. The van der Waals surface area contributed by atoms with Gasteiger partial charge in [-0.1, -0.05) is 6.42 Å². The van der Waals surface area contributed by atoms with Gasteiger partial charge in [0.25, 0.3) is 0 Å². The van der Waals surface area contributed by atoms with Gasteiger partial charge in [0.15, 0.2) is 0 Å². The number of nitrogens with two attached hydrogens (primary N) is 1. The Balaban J connectivity index is 2.62. The number of amides is 2. The van der Waals surface area contributed by atoms with E-state index in [0.29, 0.717) is 6.42 Å². The lowest BCUT2D eigenvalue weighted by atomic mass is 9.84. The van der Waals surface area contributed by atoms with Gasteiger partial charge in [0.05, 0.1) is 6.04 Å². The Kier molecular flexibility index (Phi) is 5.39. The number of rotatable bonds is 2. The fraction of sp³-hybridized carbons (Fsp3) is 0.857. The van der Waals surface area contributed by atoms with E-state index in [4.69, 9.17) is 10.6 Å². The first-order valence-electron chi connectivity index (χ1n) is 7.10. The fourth-order valence-electron chi connectivity index (χ4n) is 2.47. The topological polar surface area (TPSA) is 75.9 Å². The van der Waals surface area contributed by atoms with Gasteiger partial charge in [0.1, 0.15) is 5.60 Å². The lowest BCUT2D eigenvalue weighted by Crippen LogP contribution is -2.50. The Hall–Kier alpha value is -1.30. The second-order valence-corrected chi connectivity index (χ2v) is 6.64. The van der Waals surface area contributed by atoms with Gasteiger partial charge in [-0.25, -0.2) is 15.6 Å². The third kappa shape index (κ3) is 4.67. The molecule has 2 atom stereocenters. The van der Waals surface area contributed by atoms with Gasteiger partial charge in [0, 0.05) is 20.0 Å². The number of hydrogen-bond acceptors (Lipinski definition) is 4. The van der Waals surface area contributed by atoms with Crippen molar-refractivity contribution in [3.05, 3.63) is 0 Å². The van der Waals surface area contributed by atoms with Crippen LogP contribution in [0.25, 0.3) is 0 Å². The first kappa shape index (κ1) is 16.8. The molecule has 116 valence electrons. The molecule has 0 saturated heterocycles. The van der Waals surface area contributed by atoms with E-state index in [1.807, 2.05) is 0 Å². The summed E-state index contributed by atoms with van der Waals surface area (Å²) in [5, 5.41) is 1.15. The second kappa shape index (κ2) is 6.43. The molecule has 1 aliphatic rings. The molecular weight excluding hydrogens is 258 g/mol. The molecule has 1 fully saturated rings. The van der Waals surface area contributed by atoms with Gasteiger partial charge in [-0.3, -0.25) is 4.79 Å². The van der Waals surface area contributed by atoms with Crippen LogP contribution in [0.4, 0.5) is 4.79 Å². The van der Waals surface area contributed by atoms with E-state index in [9.17, 15) is 9.59 Å². The molecule has 0 spiro atoms. The summed E-state index contributed by atoms with van der Waals surface area (Å²) in [4.78, 5) is 25.6. The largest absolute Gasteiger partial charge is 0.443 e. The Morgan fingerprint density at radius 2 is 1.80 bits per heavy atom. The van der Waals surface area contributed by atoms with Crippen molar-refractivity contribution in [3.63, 3.8) is 0 Å². The first-order valence-corrected chi connectivity index (χ1v) is 7.10. The van der Waals surface area contributed by atoms with Gasteiger partial charge in [-0.05, 0) is 40.0 Å². The monoisotopic (exact) mass is 285 g/mol. The predicted octanol–water partition coefficient (Wildman–Crippen LogP) is 1.74. The average molecular weight is 285 g/mol. The zero-order valence-electron chi connectivity index (χ0n) is 13.2. The Labute approximate surface area is 121 Å². The first-order chi connectivity index (χ1) is 9.11. The highest BCUT2D eigenvalue weighted by molar-refractivity contribution is 5.78. The highest BCUT2D eigenvalue weighted by atomic mass is 16.6. The number of hydrazine groups is 1. The number of ether oxygens (including phenoxy) is 1. The molecule has 2 N–H and O–H groups in total. The molecule has 0 bridgehead atoms. The summed E-state index contributed by atoms with van der Waals surface area (Å²) in [5.41, 5.74) is -0.567. The molecule has 0 aromatic rings. The molecule has 1 saturated carbocycles. The third-order valence-electron chi connectivity index (χ3n) is 3.43. The zero-order chi connectivity index (χ0) is 15.5. The van der Waals surface area contributed by atoms with Crippen LogP contribution in [0.1, 0.15) is 46.5 Å². The molecule has 1 unspecified atom stereocenters. The van der Waals surface area contributed by atoms with E-state index in [2.05, 4.69) is 0 Å². The number of hydrogen-bond donors (Lipinski definition) is 1. The van der Waals surface area contributed by atoms with Gasteiger partial charge < -0.3 is 9.64 Å². The molecule has 6 nitrogen and oxygen atoms in total. The lowest BCUT2D eigenvalue weighted by Gasteiger charge is -2.35. The molecule has 1 rings (SSSR count). The van der Waals surface area contributed by atoms with Crippen LogP contribution >= 0.6 is 0 Å². The quantitative estimate of drug-likeness (QED) is 0.476. The van der Waals surface area contributed by atoms with E-state index in [1.54, 1.807) is 39.8 Å². The zero-order valence-corrected chi connectivity index (χ0v) is 13.2. The lowest BCUT2D eigenvalue weighted by molar-refractivity contribution is -0.134. The third-order valence-corrected chi connectivity index (χ3v) is 3.43. The van der Waals surface area contributed by atoms with Crippen LogP contribution in [-0.2, 0) is 9.53 Å². The van der Waals surface area contributed by atoms with E-state index >= 15 is 0 Å². The Morgan fingerprint density at radius 3 is 2.30 bits per heavy atom. The van der Waals surface area contributed by atoms with Gasteiger partial charge in [-0.15, -0.1) is 0 Å². The van der Waals surface area contributed by atoms with E-state index in [1.165, 1.54) is 0 Å². The van der Waals surface area contributed by atoms with Crippen LogP contribution < -0.4 is 5.84 Å². The normalized spacial score (nSPS) is 23.1. The smallest absolute Gasteiger partial charge is 0.424 e. The molecule has 0 aromatic heterocycles. The minimum Gasteiger partial charge on any atom is -0.443 e. The summed E-state index contributed by atoms with van der Waals surface area (Å²) in [7, 11) is 3.50. The van der Waals surface area contributed by atoms with Crippen molar-refractivity contribution in [2.24, 2.45) is 11.8 Å². The van der Waals surface area contributed by atoms with Crippen molar-refractivity contribution < 1.29 is 14.3 Å². The minimum atomic E-state index is -0.567. The summed E-state index contributed by atoms with van der Waals surface area (Å²) in [6.07, 6.45) is 2.64. The summed E-state index contributed by atoms with van der Waals surface area (Å²) in [5.74, 6) is 5.92. The minimum absolute atomic E-state index is 0.0581. The Morgan fingerprint density at radius 1 is 1.20 bits per heavy atom. The van der Waals surface area contributed by atoms with Crippen LogP contribution in [0, 0.1) is 5.92 Å². The fourth-order valence-corrected chi connectivity index (χ4v) is 2.47. The summed E-state index contributed by atoms with van der Waals surface area (Å²) in [6.45, 7) is 5.41. The van der Waals surface area contributed by atoms with Gasteiger partial charge >= 0.3 is 6.09 Å². The molecule has 0 aromatic carbocycles. The van der Waals surface area contributed by atoms with Crippen LogP contribution in [0.3, 0.4) is 0 Å². The molecule has 6 heteroatoms. The van der Waals surface area contributed by atoms with Gasteiger partial charge in [-0.2, -0.15) is 0 Å². The van der Waals surface area contributed by atoms with Gasteiger partial charge in [0.2, 0.25) is 5.91 Å². The number of carbonyl (C=O) groups excluding carboxylic acids is 2. The van der Waals surface area contributed by atoms with Crippen molar-refractivity contribution in [3.8, 4) is 0 Å². The molecule has 0 aliphatic heterocycles. The van der Waals surface area contributed by atoms with Crippen molar-refractivity contribution in [2.75, 3.05) is 14.1 Å². The molecule has 2 amide bonds. The summed E-state index contributed by atoms with van der Waals surface area (Å²) in [6, 6.07) is -0.132. The Bertz CT molecular complexity index is 363. The molecule has 0 radical (unpaired) electrons. The van der Waals surface area contributed by atoms with E-state index in [0.717, 1.165) is 24.3 Å².